The Morgan fingerprint density at radius 3 is 1.50 bits per heavy atom. The van der Waals surface area contributed by atoms with Crippen molar-refractivity contribution in [1.29, 1.82) is 0 Å². The quantitative estimate of drug-likeness (QED) is 0.559. The van der Waals surface area contributed by atoms with Gasteiger partial charge < -0.3 is 0 Å². The molecule has 0 bridgehead atoms. The van der Waals surface area contributed by atoms with Gasteiger partial charge in [0, 0.05) is 12.8 Å². The maximum absolute atomic E-state index is 11.1. The van der Waals surface area contributed by atoms with Crippen LogP contribution in [0.4, 0.5) is 0 Å². The van der Waals surface area contributed by atoms with E-state index in [4.69, 9.17) is 0 Å². The van der Waals surface area contributed by atoms with Gasteiger partial charge in [0.2, 0.25) is 0 Å². The molecule has 14 heavy (non-hydrogen) atoms. The number of carbonyl (C=O) groups excluding carboxylic acids is 2. The molecule has 2 nitrogen and oxygen atoms in total. The topological polar surface area (TPSA) is 34.1 Å². The number of ketones is 2. The number of hydrogen-bond donors (Lipinski definition) is 0. The zero-order chi connectivity index (χ0) is 10.8. The molecule has 0 N–H and O–H groups in total. The zero-order valence-electron chi connectivity index (χ0n) is 9.21. The van der Waals surface area contributed by atoms with Crippen LogP contribution < -0.4 is 0 Å². The summed E-state index contributed by atoms with van der Waals surface area (Å²) in [5, 5.41) is 0. The number of rotatable bonds is 8. The summed E-state index contributed by atoms with van der Waals surface area (Å²) in [4.78, 5) is 22.3. The lowest BCUT2D eigenvalue weighted by Crippen LogP contribution is -1.96. The molecule has 0 atom stereocenters. The number of unbranched alkanes of at least 4 members (excludes halogenated alkanes) is 2. The van der Waals surface area contributed by atoms with Crippen molar-refractivity contribution in [2.75, 3.05) is 0 Å². The molecule has 0 heterocycles. The van der Waals surface area contributed by atoms with Gasteiger partial charge in [-0.1, -0.05) is 26.7 Å². The van der Waals surface area contributed by atoms with Crippen LogP contribution in [0.5, 0.6) is 0 Å². The molecule has 0 amide bonds. The van der Waals surface area contributed by atoms with Gasteiger partial charge >= 0.3 is 0 Å². The number of hydrogen-bond acceptors (Lipinski definition) is 2. The molecule has 0 aliphatic carbocycles. The summed E-state index contributed by atoms with van der Waals surface area (Å²) in [5.74, 6) is 0.133. The predicted octanol–water partition coefficient (Wildman–Crippen LogP) is 3.06. The van der Waals surface area contributed by atoms with Crippen LogP contribution in [0.1, 0.15) is 52.4 Å². The first kappa shape index (κ1) is 13.1. The SMILES string of the molecule is CCCCC(=O)/C=C\C(=O)CCCC. The van der Waals surface area contributed by atoms with Crippen LogP contribution in [-0.2, 0) is 9.59 Å². The van der Waals surface area contributed by atoms with Crippen molar-refractivity contribution < 1.29 is 9.59 Å². The Bertz CT molecular complexity index is 182. The van der Waals surface area contributed by atoms with Crippen molar-refractivity contribution in [3.05, 3.63) is 12.2 Å². The minimum absolute atomic E-state index is 0.0664. The molecule has 0 aromatic carbocycles. The third kappa shape index (κ3) is 7.71. The molecular weight excluding hydrogens is 176 g/mol. The molecular formula is C12H20O2. The van der Waals surface area contributed by atoms with Gasteiger partial charge in [-0.05, 0) is 25.0 Å². The molecule has 0 aliphatic heterocycles. The molecule has 0 unspecified atom stereocenters. The summed E-state index contributed by atoms with van der Waals surface area (Å²) in [5.41, 5.74) is 0. The van der Waals surface area contributed by atoms with Gasteiger partial charge in [-0.3, -0.25) is 9.59 Å². The maximum atomic E-state index is 11.1. The molecule has 80 valence electrons. The van der Waals surface area contributed by atoms with E-state index in [1.54, 1.807) is 0 Å². The van der Waals surface area contributed by atoms with E-state index in [1.807, 2.05) is 13.8 Å². The molecule has 0 aromatic rings. The lowest BCUT2D eigenvalue weighted by Gasteiger charge is -1.93. The Labute approximate surface area is 86.4 Å². The van der Waals surface area contributed by atoms with E-state index in [9.17, 15) is 9.59 Å². The van der Waals surface area contributed by atoms with Crippen LogP contribution in [0.2, 0.25) is 0 Å². The molecule has 0 saturated carbocycles. The third-order valence-electron chi connectivity index (χ3n) is 2.01. The highest BCUT2D eigenvalue weighted by Gasteiger charge is 1.98. The molecule has 0 spiro atoms. The van der Waals surface area contributed by atoms with Crippen molar-refractivity contribution in [2.45, 2.75) is 52.4 Å². The zero-order valence-corrected chi connectivity index (χ0v) is 9.21. The van der Waals surface area contributed by atoms with Crippen molar-refractivity contribution in [1.82, 2.24) is 0 Å². The fourth-order valence-electron chi connectivity index (χ4n) is 1.05. The average molecular weight is 196 g/mol. The Hall–Kier alpha value is -0.920. The first-order chi connectivity index (χ1) is 6.70. The Morgan fingerprint density at radius 1 is 0.857 bits per heavy atom. The highest BCUT2D eigenvalue weighted by Crippen LogP contribution is 1.99. The Balaban J connectivity index is 3.68. The van der Waals surface area contributed by atoms with Crippen LogP contribution >= 0.6 is 0 Å². The normalized spacial score (nSPS) is 10.7. The molecule has 0 fully saturated rings. The van der Waals surface area contributed by atoms with Gasteiger partial charge in [-0.2, -0.15) is 0 Å². The first-order valence-corrected chi connectivity index (χ1v) is 5.44. The second-order valence-corrected chi connectivity index (χ2v) is 3.47. The predicted molar refractivity (Wildman–Crippen MR) is 58.2 cm³/mol. The van der Waals surface area contributed by atoms with Crippen LogP contribution in [0.25, 0.3) is 0 Å². The van der Waals surface area contributed by atoms with Gasteiger partial charge in [0.15, 0.2) is 11.6 Å². The minimum Gasteiger partial charge on any atom is -0.295 e. The smallest absolute Gasteiger partial charge is 0.155 e. The van der Waals surface area contributed by atoms with Crippen molar-refractivity contribution >= 4 is 11.6 Å². The van der Waals surface area contributed by atoms with E-state index in [2.05, 4.69) is 0 Å². The van der Waals surface area contributed by atoms with Crippen LogP contribution in [0.15, 0.2) is 12.2 Å². The van der Waals surface area contributed by atoms with Gasteiger partial charge in [-0.15, -0.1) is 0 Å². The third-order valence-corrected chi connectivity index (χ3v) is 2.01. The highest BCUT2D eigenvalue weighted by atomic mass is 16.1. The Morgan fingerprint density at radius 2 is 1.21 bits per heavy atom. The van der Waals surface area contributed by atoms with E-state index in [-0.39, 0.29) is 11.6 Å². The summed E-state index contributed by atoms with van der Waals surface area (Å²) >= 11 is 0. The van der Waals surface area contributed by atoms with E-state index >= 15 is 0 Å². The molecule has 0 aliphatic rings. The molecule has 0 saturated heterocycles. The van der Waals surface area contributed by atoms with Crippen LogP contribution in [0.3, 0.4) is 0 Å². The summed E-state index contributed by atoms with van der Waals surface area (Å²) in [6.07, 6.45) is 7.83. The van der Waals surface area contributed by atoms with E-state index in [0.29, 0.717) is 12.8 Å². The fraction of sp³-hybridized carbons (Fsp3) is 0.667. The summed E-state index contributed by atoms with van der Waals surface area (Å²) in [7, 11) is 0. The summed E-state index contributed by atoms with van der Waals surface area (Å²) < 4.78 is 0. The summed E-state index contributed by atoms with van der Waals surface area (Å²) in [6.45, 7) is 4.09. The lowest BCUT2D eigenvalue weighted by molar-refractivity contribution is -0.116. The second kappa shape index (κ2) is 8.67. The van der Waals surface area contributed by atoms with E-state index < -0.39 is 0 Å². The van der Waals surface area contributed by atoms with Gasteiger partial charge in [-0.25, -0.2) is 0 Å². The van der Waals surface area contributed by atoms with Gasteiger partial charge in [0.1, 0.15) is 0 Å². The lowest BCUT2D eigenvalue weighted by atomic mass is 10.1. The average Bonchev–Trinajstić information content (AvgIpc) is 2.20. The van der Waals surface area contributed by atoms with Crippen LogP contribution in [-0.4, -0.2) is 11.6 Å². The van der Waals surface area contributed by atoms with E-state index in [0.717, 1.165) is 25.7 Å². The van der Waals surface area contributed by atoms with Crippen molar-refractivity contribution in [2.24, 2.45) is 0 Å². The monoisotopic (exact) mass is 196 g/mol. The summed E-state index contributed by atoms with van der Waals surface area (Å²) in [6, 6.07) is 0. The molecule has 0 aromatic heterocycles. The molecule has 2 heteroatoms. The maximum Gasteiger partial charge on any atom is 0.155 e. The fourth-order valence-corrected chi connectivity index (χ4v) is 1.05. The number of allylic oxidation sites excluding steroid dienone is 2. The van der Waals surface area contributed by atoms with Crippen molar-refractivity contribution in [3.63, 3.8) is 0 Å². The number of carbonyl (C=O) groups is 2. The van der Waals surface area contributed by atoms with Crippen molar-refractivity contribution in [3.8, 4) is 0 Å². The largest absolute Gasteiger partial charge is 0.295 e. The van der Waals surface area contributed by atoms with E-state index in [1.165, 1.54) is 12.2 Å². The van der Waals surface area contributed by atoms with Crippen LogP contribution in [0, 0.1) is 0 Å². The standard InChI is InChI=1S/C12H20O2/c1-3-5-7-11(13)9-10-12(14)8-6-4-2/h9-10H,3-8H2,1-2H3/b10-9-. The second-order valence-electron chi connectivity index (χ2n) is 3.47. The Kier molecular flexibility index (Phi) is 8.10. The molecule has 0 rings (SSSR count). The molecule has 0 radical (unpaired) electrons. The first-order valence-electron chi connectivity index (χ1n) is 5.44. The highest BCUT2D eigenvalue weighted by molar-refractivity contribution is 5.98. The van der Waals surface area contributed by atoms with Gasteiger partial charge in [0.05, 0.1) is 0 Å². The van der Waals surface area contributed by atoms with Gasteiger partial charge in [0.25, 0.3) is 0 Å². The minimum atomic E-state index is 0.0664.